The molecular formula is C14H22FNO3. The zero-order chi connectivity index (χ0) is 13.9. The molecule has 0 aromatic heterocycles. The van der Waals surface area contributed by atoms with E-state index in [-0.39, 0.29) is 11.6 Å². The molecule has 0 aliphatic carbocycles. The fourth-order valence-electron chi connectivity index (χ4n) is 1.60. The maximum absolute atomic E-state index is 13.4. The number of methoxy groups -OCH3 is 2. The monoisotopic (exact) mass is 271 g/mol. The highest BCUT2D eigenvalue weighted by molar-refractivity contribution is 5.29. The zero-order valence-corrected chi connectivity index (χ0v) is 11.6. The minimum Gasteiger partial charge on any atom is -0.494 e. The molecule has 0 bridgehead atoms. The number of halogens is 1. The average molecular weight is 271 g/mol. The van der Waals surface area contributed by atoms with E-state index < -0.39 is 0 Å². The molecule has 5 heteroatoms. The lowest BCUT2D eigenvalue weighted by Gasteiger charge is -2.07. The first-order valence-electron chi connectivity index (χ1n) is 6.37. The Morgan fingerprint density at radius 2 is 2.00 bits per heavy atom. The maximum atomic E-state index is 13.4. The van der Waals surface area contributed by atoms with Gasteiger partial charge in [-0.1, -0.05) is 6.07 Å². The summed E-state index contributed by atoms with van der Waals surface area (Å²) in [7, 11) is 3.11. The largest absolute Gasteiger partial charge is 0.494 e. The molecule has 1 aromatic carbocycles. The van der Waals surface area contributed by atoms with E-state index in [1.165, 1.54) is 13.2 Å². The Hall–Kier alpha value is -1.17. The van der Waals surface area contributed by atoms with Gasteiger partial charge in [0.2, 0.25) is 0 Å². The summed E-state index contributed by atoms with van der Waals surface area (Å²) >= 11 is 0. The second kappa shape index (κ2) is 9.72. The lowest BCUT2D eigenvalue weighted by atomic mass is 10.2. The van der Waals surface area contributed by atoms with Crippen molar-refractivity contribution < 1.29 is 18.6 Å². The molecule has 1 N–H and O–H groups in total. The van der Waals surface area contributed by atoms with Crippen LogP contribution in [0.25, 0.3) is 0 Å². The van der Waals surface area contributed by atoms with E-state index in [9.17, 15) is 4.39 Å². The Kier molecular flexibility index (Phi) is 8.13. The van der Waals surface area contributed by atoms with Gasteiger partial charge in [-0.15, -0.1) is 0 Å². The van der Waals surface area contributed by atoms with Crippen LogP contribution in [0.15, 0.2) is 18.2 Å². The van der Waals surface area contributed by atoms with Gasteiger partial charge in [-0.2, -0.15) is 0 Å². The van der Waals surface area contributed by atoms with Crippen molar-refractivity contribution in [2.24, 2.45) is 0 Å². The van der Waals surface area contributed by atoms with E-state index >= 15 is 0 Å². The quantitative estimate of drug-likeness (QED) is 0.661. The van der Waals surface area contributed by atoms with Crippen LogP contribution in [0, 0.1) is 5.82 Å². The first-order valence-corrected chi connectivity index (χ1v) is 6.37. The van der Waals surface area contributed by atoms with E-state index in [0.717, 1.165) is 18.5 Å². The number of hydrogen-bond acceptors (Lipinski definition) is 4. The van der Waals surface area contributed by atoms with Crippen LogP contribution in [0.5, 0.6) is 5.75 Å². The summed E-state index contributed by atoms with van der Waals surface area (Å²) in [5, 5.41) is 3.24. The lowest BCUT2D eigenvalue weighted by molar-refractivity contribution is 0.0695. The highest BCUT2D eigenvalue weighted by atomic mass is 19.1. The van der Waals surface area contributed by atoms with Crippen LogP contribution in [-0.2, 0) is 16.0 Å². The predicted octanol–water partition coefficient (Wildman–Crippen LogP) is 1.98. The number of nitrogens with one attached hydrogen (secondary N) is 1. The summed E-state index contributed by atoms with van der Waals surface area (Å²) < 4.78 is 28.5. The van der Waals surface area contributed by atoms with Crippen molar-refractivity contribution in [2.45, 2.75) is 13.0 Å². The SMILES string of the molecule is COCCOCCCNCc1ccc(OC)c(F)c1. The van der Waals surface area contributed by atoms with Crippen LogP contribution >= 0.6 is 0 Å². The molecule has 0 radical (unpaired) electrons. The van der Waals surface area contributed by atoms with Crippen molar-refractivity contribution in [3.05, 3.63) is 29.6 Å². The first-order chi connectivity index (χ1) is 9.27. The van der Waals surface area contributed by atoms with Gasteiger partial charge < -0.3 is 19.5 Å². The minimum absolute atomic E-state index is 0.273. The van der Waals surface area contributed by atoms with Crippen LogP contribution in [0.1, 0.15) is 12.0 Å². The molecule has 0 fully saturated rings. The van der Waals surface area contributed by atoms with Gasteiger partial charge in [-0.25, -0.2) is 4.39 Å². The molecule has 1 rings (SSSR count). The third-order valence-corrected chi connectivity index (χ3v) is 2.62. The summed E-state index contributed by atoms with van der Waals surface area (Å²) in [5.74, 6) is -0.0556. The highest BCUT2D eigenvalue weighted by Crippen LogP contribution is 2.17. The fourth-order valence-corrected chi connectivity index (χ4v) is 1.60. The molecule has 0 saturated carbocycles. The zero-order valence-electron chi connectivity index (χ0n) is 11.6. The summed E-state index contributed by atoms with van der Waals surface area (Å²) in [6.07, 6.45) is 0.919. The van der Waals surface area contributed by atoms with E-state index in [1.54, 1.807) is 13.2 Å². The van der Waals surface area contributed by atoms with Gasteiger partial charge in [-0.3, -0.25) is 0 Å². The standard InChI is InChI=1S/C14H22FNO3/c1-17-8-9-19-7-3-6-16-11-12-4-5-14(18-2)13(15)10-12/h4-5,10,16H,3,6-9,11H2,1-2H3. The van der Waals surface area contributed by atoms with Crippen molar-refractivity contribution in [1.82, 2.24) is 5.32 Å². The third kappa shape index (κ3) is 6.52. The minimum atomic E-state index is -0.329. The van der Waals surface area contributed by atoms with Crippen molar-refractivity contribution >= 4 is 0 Å². The number of ether oxygens (including phenoxy) is 3. The molecule has 1 aromatic rings. The molecular weight excluding hydrogens is 249 g/mol. The Bertz CT molecular complexity index is 361. The van der Waals surface area contributed by atoms with Gasteiger partial charge in [0.05, 0.1) is 20.3 Å². The van der Waals surface area contributed by atoms with Crippen LogP contribution in [0.2, 0.25) is 0 Å². The predicted molar refractivity (Wildman–Crippen MR) is 72.0 cm³/mol. The second-order valence-electron chi connectivity index (χ2n) is 4.10. The van der Waals surface area contributed by atoms with Gasteiger partial charge in [0, 0.05) is 20.3 Å². The Labute approximate surface area is 113 Å². The smallest absolute Gasteiger partial charge is 0.165 e. The lowest BCUT2D eigenvalue weighted by Crippen LogP contribution is -2.17. The Morgan fingerprint density at radius 3 is 2.68 bits per heavy atom. The summed E-state index contributed by atoms with van der Waals surface area (Å²) in [4.78, 5) is 0. The Morgan fingerprint density at radius 1 is 1.16 bits per heavy atom. The number of rotatable bonds is 10. The first kappa shape index (κ1) is 15.9. The van der Waals surface area contributed by atoms with Crippen molar-refractivity contribution in [3.8, 4) is 5.75 Å². The summed E-state index contributed by atoms with van der Waals surface area (Å²) in [6, 6.07) is 4.98. The van der Waals surface area contributed by atoms with Crippen molar-refractivity contribution in [1.29, 1.82) is 0 Å². The van der Waals surface area contributed by atoms with Crippen LogP contribution in [-0.4, -0.2) is 40.6 Å². The van der Waals surface area contributed by atoms with E-state index in [0.29, 0.717) is 26.4 Å². The van der Waals surface area contributed by atoms with Gasteiger partial charge in [-0.05, 0) is 30.7 Å². The molecule has 0 aliphatic rings. The van der Waals surface area contributed by atoms with Gasteiger partial charge in [0.1, 0.15) is 0 Å². The van der Waals surface area contributed by atoms with Crippen LogP contribution in [0.4, 0.5) is 4.39 Å². The third-order valence-electron chi connectivity index (χ3n) is 2.62. The average Bonchev–Trinajstić information content (AvgIpc) is 2.42. The van der Waals surface area contributed by atoms with Gasteiger partial charge in [0.25, 0.3) is 0 Å². The molecule has 19 heavy (non-hydrogen) atoms. The molecule has 0 atom stereocenters. The van der Waals surface area contributed by atoms with E-state index in [4.69, 9.17) is 14.2 Å². The molecule has 0 saturated heterocycles. The molecule has 0 aliphatic heterocycles. The Balaban J connectivity index is 2.11. The molecule has 108 valence electrons. The molecule has 0 amide bonds. The highest BCUT2D eigenvalue weighted by Gasteiger charge is 2.02. The van der Waals surface area contributed by atoms with Crippen LogP contribution < -0.4 is 10.1 Å². The molecule has 0 spiro atoms. The summed E-state index contributed by atoms with van der Waals surface area (Å²) in [5.41, 5.74) is 0.901. The van der Waals surface area contributed by atoms with E-state index in [1.807, 2.05) is 6.07 Å². The van der Waals surface area contributed by atoms with Crippen LogP contribution in [0.3, 0.4) is 0 Å². The van der Waals surface area contributed by atoms with E-state index in [2.05, 4.69) is 5.32 Å². The molecule has 4 nitrogen and oxygen atoms in total. The number of hydrogen-bond donors (Lipinski definition) is 1. The molecule has 0 unspecified atom stereocenters. The van der Waals surface area contributed by atoms with Crippen molar-refractivity contribution in [2.75, 3.05) is 40.6 Å². The fraction of sp³-hybridized carbons (Fsp3) is 0.571. The summed E-state index contributed by atoms with van der Waals surface area (Å²) in [6.45, 7) is 3.42. The van der Waals surface area contributed by atoms with Gasteiger partial charge in [0.15, 0.2) is 11.6 Å². The number of benzene rings is 1. The maximum Gasteiger partial charge on any atom is 0.165 e. The molecule has 0 heterocycles. The van der Waals surface area contributed by atoms with Crippen molar-refractivity contribution in [3.63, 3.8) is 0 Å². The van der Waals surface area contributed by atoms with Gasteiger partial charge >= 0.3 is 0 Å². The normalized spacial score (nSPS) is 10.7. The topological polar surface area (TPSA) is 39.7 Å². The second-order valence-corrected chi connectivity index (χ2v) is 4.10.